The Labute approximate surface area is 118 Å². The van der Waals surface area contributed by atoms with Crippen LogP contribution in [-0.2, 0) is 0 Å². The smallest absolute Gasteiger partial charge is 0.146 e. The van der Waals surface area contributed by atoms with Gasteiger partial charge in [0.25, 0.3) is 0 Å². The molecule has 2 aromatic carbocycles. The number of nitrogens with two attached hydrogens (primary N) is 1. The highest BCUT2D eigenvalue weighted by Crippen LogP contribution is 2.31. The van der Waals surface area contributed by atoms with Crippen molar-refractivity contribution in [1.82, 2.24) is 0 Å². The van der Waals surface area contributed by atoms with E-state index in [0.29, 0.717) is 26.6 Å². The monoisotopic (exact) mass is 324 g/mol. The molecule has 0 radical (unpaired) electrons. The van der Waals surface area contributed by atoms with Crippen LogP contribution in [0.3, 0.4) is 0 Å². The van der Waals surface area contributed by atoms with Crippen LogP contribution >= 0.6 is 27.5 Å². The maximum Gasteiger partial charge on any atom is 0.146 e. The molecule has 0 heterocycles. The molecular weight excluding hydrogens is 316 g/mol. The molecule has 0 spiro atoms. The van der Waals surface area contributed by atoms with Crippen LogP contribution in [0.15, 0.2) is 46.9 Å². The van der Waals surface area contributed by atoms with E-state index >= 15 is 0 Å². The predicted octanol–water partition coefficient (Wildman–Crippen LogP) is 4.18. The summed E-state index contributed by atoms with van der Waals surface area (Å²) in [5.74, 6) is 1.22. The molecule has 0 bridgehead atoms. The lowest BCUT2D eigenvalue weighted by Gasteiger charge is -2.09. The Morgan fingerprint density at radius 2 is 1.94 bits per heavy atom. The van der Waals surface area contributed by atoms with Gasteiger partial charge in [-0.25, -0.2) is 0 Å². The zero-order valence-corrected chi connectivity index (χ0v) is 11.6. The third-order valence-electron chi connectivity index (χ3n) is 2.30. The fraction of sp³-hybridized carbons (Fsp3) is 0. The summed E-state index contributed by atoms with van der Waals surface area (Å²) in [4.78, 5) is 0. The molecule has 0 aliphatic rings. The summed E-state index contributed by atoms with van der Waals surface area (Å²) in [6.45, 7) is 0. The van der Waals surface area contributed by atoms with Gasteiger partial charge in [0.1, 0.15) is 17.3 Å². The Morgan fingerprint density at radius 1 is 1.22 bits per heavy atom. The van der Waals surface area contributed by atoms with Gasteiger partial charge in [-0.3, -0.25) is 5.41 Å². The average Bonchev–Trinajstić information content (AvgIpc) is 2.32. The van der Waals surface area contributed by atoms with Crippen molar-refractivity contribution in [2.75, 3.05) is 0 Å². The van der Waals surface area contributed by atoms with Crippen LogP contribution in [0.1, 0.15) is 5.56 Å². The molecule has 0 saturated heterocycles. The van der Waals surface area contributed by atoms with Crippen LogP contribution in [0.5, 0.6) is 11.5 Å². The van der Waals surface area contributed by atoms with Gasteiger partial charge in [-0.2, -0.15) is 0 Å². The van der Waals surface area contributed by atoms with Gasteiger partial charge < -0.3 is 10.5 Å². The van der Waals surface area contributed by atoms with Crippen molar-refractivity contribution in [3.63, 3.8) is 0 Å². The Morgan fingerprint density at radius 3 is 2.56 bits per heavy atom. The van der Waals surface area contributed by atoms with E-state index in [4.69, 9.17) is 27.5 Å². The second-order valence-electron chi connectivity index (χ2n) is 3.59. The lowest BCUT2D eigenvalue weighted by Crippen LogP contribution is -2.11. The van der Waals surface area contributed by atoms with Crippen molar-refractivity contribution in [3.8, 4) is 11.5 Å². The Balaban J connectivity index is 2.29. The van der Waals surface area contributed by atoms with E-state index in [1.807, 2.05) is 12.1 Å². The van der Waals surface area contributed by atoms with Crippen molar-refractivity contribution >= 4 is 33.4 Å². The topological polar surface area (TPSA) is 59.1 Å². The number of hydrogen-bond acceptors (Lipinski definition) is 2. The zero-order chi connectivity index (χ0) is 13.1. The van der Waals surface area contributed by atoms with Gasteiger partial charge in [-0.1, -0.05) is 23.7 Å². The molecule has 92 valence electrons. The molecule has 2 rings (SSSR count). The van der Waals surface area contributed by atoms with Crippen LogP contribution in [0.4, 0.5) is 0 Å². The first-order valence-electron chi connectivity index (χ1n) is 5.14. The predicted molar refractivity (Wildman–Crippen MR) is 76.7 cm³/mol. The molecule has 0 aromatic heterocycles. The molecule has 5 heteroatoms. The number of halogens is 2. The van der Waals surface area contributed by atoms with Gasteiger partial charge in [0.05, 0.1) is 5.02 Å². The summed E-state index contributed by atoms with van der Waals surface area (Å²) in [5.41, 5.74) is 6.06. The molecule has 0 saturated carbocycles. The highest BCUT2D eigenvalue weighted by Gasteiger charge is 2.06. The average molecular weight is 326 g/mol. The summed E-state index contributed by atoms with van der Waals surface area (Å²) >= 11 is 9.35. The maximum absolute atomic E-state index is 7.39. The van der Waals surface area contributed by atoms with Crippen molar-refractivity contribution in [1.29, 1.82) is 5.41 Å². The first-order chi connectivity index (χ1) is 8.58. The molecule has 0 fully saturated rings. The van der Waals surface area contributed by atoms with Crippen molar-refractivity contribution in [3.05, 3.63) is 57.5 Å². The normalized spacial score (nSPS) is 10.1. The van der Waals surface area contributed by atoms with E-state index in [2.05, 4.69) is 15.9 Å². The molecule has 0 amide bonds. The Kier molecular flexibility index (Phi) is 3.89. The molecule has 0 aliphatic heterocycles. The van der Waals surface area contributed by atoms with E-state index in [9.17, 15) is 0 Å². The number of nitrogens with one attached hydrogen (secondary N) is 1. The molecule has 3 nitrogen and oxygen atoms in total. The van der Waals surface area contributed by atoms with Crippen LogP contribution in [0.25, 0.3) is 0 Å². The van der Waals surface area contributed by atoms with E-state index in [-0.39, 0.29) is 5.84 Å². The molecular formula is C13H10BrClN2O. The van der Waals surface area contributed by atoms with Crippen LogP contribution < -0.4 is 10.5 Å². The summed E-state index contributed by atoms with van der Waals surface area (Å²) in [7, 11) is 0. The third-order valence-corrected chi connectivity index (χ3v) is 3.26. The Bertz CT molecular complexity index is 601. The number of para-hydroxylation sites is 1. The van der Waals surface area contributed by atoms with Gasteiger partial charge in [0.2, 0.25) is 0 Å². The largest absolute Gasteiger partial charge is 0.456 e. The number of amidine groups is 1. The fourth-order valence-electron chi connectivity index (χ4n) is 1.43. The molecule has 2 aromatic rings. The fourth-order valence-corrected chi connectivity index (χ4v) is 2.18. The second kappa shape index (κ2) is 5.42. The van der Waals surface area contributed by atoms with Crippen LogP contribution in [0.2, 0.25) is 5.02 Å². The van der Waals surface area contributed by atoms with Gasteiger partial charge in [-0.05, 0) is 46.3 Å². The highest BCUT2D eigenvalue weighted by atomic mass is 79.9. The van der Waals surface area contributed by atoms with Crippen molar-refractivity contribution in [2.24, 2.45) is 5.73 Å². The molecule has 0 unspecified atom stereocenters. The summed E-state index contributed by atoms with van der Waals surface area (Å²) in [6.07, 6.45) is 0. The third kappa shape index (κ3) is 2.83. The molecule has 18 heavy (non-hydrogen) atoms. The van der Waals surface area contributed by atoms with E-state index < -0.39 is 0 Å². The van der Waals surface area contributed by atoms with E-state index in [0.717, 1.165) is 0 Å². The number of rotatable bonds is 3. The first-order valence-corrected chi connectivity index (χ1v) is 6.31. The molecule has 3 N–H and O–H groups in total. The minimum absolute atomic E-state index is 0.00571. The van der Waals surface area contributed by atoms with Gasteiger partial charge in [0.15, 0.2) is 0 Å². The number of benzene rings is 2. The Hall–Kier alpha value is -1.52. The highest BCUT2D eigenvalue weighted by molar-refractivity contribution is 9.10. The van der Waals surface area contributed by atoms with Gasteiger partial charge >= 0.3 is 0 Å². The number of ether oxygens (including phenoxy) is 1. The van der Waals surface area contributed by atoms with E-state index in [1.54, 1.807) is 30.3 Å². The number of nitrogen functional groups attached to an aromatic ring is 1. The quantitative estimate of drug-likeness (QED) is 0.657. The standard InChI is InChI=1S/C13H10BrClN2O/c14-10-7-8(5-6-9(10)13(16)17)18-12-4-2-1-3-11(12)15/h1-7H,(H3,16,17). The lowest BCUT2D eigenvalue weighted by molar-refractivity contribution is 0.482. The van der Waals surface area contributed by atoms with Crippen LogP contribution in [0, 0.1) is 5.41 Å². The number of hydrogen-bond donors (Lipinski definition) is 2. The van der Waals surface area contributed by atoms with Crippen LogP contribution in [-0.4, -0.2) is 5.84 Å². The van der Waals surface area contributed by atoms with Crippen molar-refractivity contribution in [2.45, 2.75) is 0 Å². The first kappa shape index (κ1) is 12.9. The maximum atomic E-state index is 7.39. The summed E-state index contributed by atoms with van der Waals surface area (Å²) < 4.78 is 6.36. The SMILES string of the molecule is N=C(N)c1ccc(Oc2ccccc2Cl)cc1Br. The minimum atomic E-state index is 0.00571. The zero-order valence-electron chi connectivity index (χ0n) is 9.28. The molecule has 0 atom stereocenters. The van der Waals surface area contributed by atoms with Gasteiger partial charge in [0, 0.05) is 10.0 Å². The minimum Gasteiger partial charge on any atom is -0.456 e. The molecule has 0 aliphatic carbocycles. The second-order valence-corrected chi connectivity index (χ2v) is 4.85. The van der Waals surface area contributed by atoms with Crippen molar-refractivity contribution < 1.29 is 4.74 Å². The van der Waals surface area contributed by atoms with Gasteiger partial charge in [-0.15, -0.1) is 0 Å². The summed E-state index contributed by atoms with van der Waals surface area (Å²) in [6, 6.07) is 12.4. The van der Waals surface area contributed by atoms with E-state index in [1.165, 1.54) is 0 Å². The summed E-state index contributed by atoms with van der Waals surface area (Å²) in [5, 5.41) is 7.93. The lowest BCUT2D eigenvalue weighted by atomic mass is 10.2.